The first-order valence-corrected chi connectivity index (χ1v) is 9.36. The van der Waals surface area contributed by atoms with E-state index in [1.54, 1.807) is 47.3 Å². The van der Waals surface area contributed by atoms with Gasteiger partial charge in [0.05, 0.1) is 11.2 Å². The zero-order chi connectivity index (χ0) is 16.4. The van der Waals surface area contributed by atoms with Crippen LogP contribution in [0.25, 0.3) is 0 Å². The molecule has 1 atom stereocenters. The number of hydrogen-bond donors (Lipinski definition) is 0. The van der Waals surface area contributed by atoms with Gasteiger partial charge < -0.3 is 4.57 Å². The van der Waals surface area contributed by atoms with Crippen LogP contribution in [0.3, 0.4) is 0 Å². The van der Waals surface area contributed by atoms with E-state index in [-0.39, 0.29) is 4.90 Å². The van der Waals surface area contributed by atoms with E-state index in [0.29, 0.717) is 5.56 Å². The summed E-state index contributed by atoms with van der Waals surface area (Å²) in [5.74, 6) is 0. The highest BCUT2D eigenvalue weighted by molar-refractivity contribution is 9.10. The van der Waals surface area contributed by atoms with Crippen LogP contribution >= 0.6 is 15.9 Å². The largest absolute Gasteiger partial charge is 0.316 e. The number of benzene rings is 2. The van der Waals surface area contributed by atoms with Crippen molar-refractivity contribution in [1.82, 2.24) is 9.55 Å². The highest BCUT2D eigenvalue weighted by Gasteiger charge is 2.31. The third-order valence-corrected chi connectivity index (χ3v) is 6.35. The molecule has 0 aliphatic carbocycles. The molecule has 23 heavy (non-hydrogen) atoms. The van der Waals surface area contributed by atoms with Gasteiger partial charge in [-0.25, -0.2) is 13.4 Å². The molecule has 4 nitrogen and oxygen atoms in total. The predicted octanol–water partition coefficient (Wildman–Crippen LogP) is 3.97. The fraction of sp³-hybridized carbons (Fsp3) is 0.118. The molecule has 2 aromatic carbocycles. The highest BCUT2D eigenvalue weighted by Crippen LogP contribution is 2.34. The van der Waals surface area contributed by atoms with E-state index in [1.165, 1.54) is 6.33 Å². The minimum Gasteiger partial charge on any atom is -0.316 e. The van der Waals surface area contributed by atoms with E-state index in [4.69, 9.17) is 0 Å². The maximum Gasteiger partial charge on any atom is 0.204 e. The van der Waals surface area contributed by atoms with Gasteiger partial charge in [0.25, 0.3) is 0 Å². The molecule has 3 rings (SSSR count). The van der Waals surface area contributed by atoms with Gasteiger partial charge in [0, 0.05) is 22.4 Å². The number of nitrogens with zero attached hydrogens (tertiary/aromatic N) is 2. The first-order chi connectivity index (χ1) is 11.0. The Hall–Kier alpha value is -1.92. The minimum atomic E-state index is -3.62. The molecule has 0 bridgehead atoms. The van der Waals surface area contributed by atoms with E-state index in [0.717, 1.165) is 10.0 Å². The molecule has 0 spiro atoms. The Labute approximate surface area is 143 Å². The quantitative estimate of drug-likeness (QED) is 0.676. The fourth-order valence-corrected chi connectivity index (χ4v) is 4.84. The molecule has 0 amide bonds. The summed E-state index contributed by atoms with van der Waals surface area (Å²) < 4.78 is 28.8. The van der Waals surface area contributed by atoms with Crippen molar-refractivity contribution in [2.24, 2.45) is 0 Å². The summed E-state index contributed by atoms with van der Waals surface area (Å²) in [4.78, 5) is 4.29. The van der Waals surface area contributed by atoms with E-state index < -0.39 is 15.2 Å². The molecule has 3 aromatic rings. The summed E-state index contributed by atoms with van der Waals surface area (Å²) in [7, 11) is -3.62. The van der Waals surface area contributed by atoms with Crippen LogP contribution in [0.1, 0.15) is 16.5 Å². The number of imidazole rings is 1. The number of aromatic nitrogens is 2. The molecular weight excluding hydrogens is 376 g/mol. The molecule has 1 heterocycles. The Morgan fingerprint density at radius 3 is 2.39 bits per heavy atom. The van der Waals surface area contributed by atoms with Crippen molar-refractivity contribution in [2.75, 3.05) is 0 Å². The van der Waals surface area contributed by atoms with E-state index in [1.807, 2.05) is 25.1 Å². The molecule has 0 aliphatic rings. The van der Waals surface area contributed by atoms with E-state index in [9.17, 15) is 8.42 Å². The second-order valence-electron chi connectivity index (χ2n) is 5.24. The average molecular weight is 391 g/mol. The molecule has 0 aliphatic heterocycles. The Bertz CT molecular complexity index is 904. The number of aryl methyl sites for hydroxylation is 1. The van der Waals surface area contributed by atoms with Gasteiger partial charge in [-0.05, 0) is 25.1 Å². The molecule has 0 saturated heterocycles. The Balaban J connectivity index is 2.20. The van der Waals surface area contributed by atoms with Crippen LogP contribution in [0.15, 0.2) is 76.6 Å². The summed E-state index contributed by atoms with van der Waals surface area (Å²) in [6.45, 7) is 1.93. The van der Waals surface area contributed by atoms with Gasteiger partial charge >= 0.3 is 0 Å². The van der Waals surface area contributed by atoms with Crippen molar-refractivity contribution in [3.05, 3.63) is 82.9 Å². The first-order valence-electron chi connectivity index (χ1n) is 7.02. The van der Waals surface area contributed by atoms with E-state index >= 15 is 0 Å². The summed E-state index contributed by atoms with van der Waals surface area (Å²) in [5.41, 5.74) is 1.69. The van der Waals surface area contributed by atoms with Gasteiger partial charge in [0.15, 0.2) is 5.37 Å². The third-order valence-electron chi connectivity index (χ3n) is 3.61. The predicted molar refractivity (Wildman–Crippen MR) is 92.9 cm³/mol. The normalized spacial score (nSPS) is 13.0. The number of halogens is 1. The van der Waals surface area contributed by atoms with Crippen LogP contribution < -0.4 is 0 Å². The van der Waals surface area contributed by atoms with Crippen molar-refractivity contribution in [3.8, 4) is 0 Å². The molecule has 0 saturated carbocycles. The number of sulfone groups is 1. The van der Waals surface area contributed by atoms with Crippen LogP contribution in [-0.4, -0.2) is 18.0 Å². The van der Waals surface area contributed by atoms with Crippen LogP contribution in [0.4, 0.5) is 0 Å². The highest BCUT2D eigenvalue weighted by atomic mass is 79.9. The fourth-order valence-electron chi connectivity index (χ4n) is 2.43. The molecular formula is C17H15BrN2O2S. The SMILES string of the molecule is Cc1ccc(S(=O)(=O)C(c2ccccc2Br)n2ccnc2)cc1. The lowest BCUT2D eigenvalue weighted by atomic mass is 10.2. The first kappa shape index (κ1) is 16.0. The van der Waals surface area contributed by atoms with Gasteiger partial charge in [-0.2, -0.15) is 0 Å². The van der Waals surface area contributed by atoms with Gasteiger partial charge in [0.1, 0.15) is 0 Å². The van der Waals surface area contributed by atoms with Crippen molar-refractivity contribution in [1.29, 1.82) is 0 Å². The molecule has 1 aromatic heterocycles. The Kier molecular flexibility index (Phi) is 4.37. The molecule has 1 unspecified atom stereocenters. The monoisotopic (exact) mass is 390 g/mol. The van der Waals surface area contributed by atoms with Crippen LogP contribution in [0.5, 0.6) is 0 Å². The van der Waals surface area contributed by atoms with Gasteiger partial charge in [-0.15, -0.1) is 0 Å². The van der Waals surface area contributed by atoms with Gasteiger partial charge in [0.2, 0.25) is 9.84 Å². The smallest absolute Gasteiger partial charge is 0.204 e. The Morgan fingerprint density at radius 1 is 1.09 bits per heavy atom. The van der Waals surface area contributed by atoms with Crippen molar-refractivity contribution in [3.63, 3.8) is 0 Å². The minimum absolute atomic E-state index is 0.289. The number of hydrogen-bond acceptors (Lipinski definition) is 3. The van der Waals surface area contributed by atoms with Crippen LogP contribution in [-0.2, 0) is 9.84 Å². The molecule has 6 heteroatoms. The van der Waals surface area contributed by atoms with Crippen molar-refractivity contribution in [2.45, 2.75) is 17.2 Å². The lowest BCUT2D eigenvalue weighted by Crippen LogP contribution is -2.21. The second-order valence-corrected chi connectivity index (χ2v) is 8.10. The summed E-state index contributed by atoms with van der Waals surface area (Å²) in [5, 5.41) is -0.872. The van der Waals surface area contributed by atoms with Crippen LogP contribution in [0.2, 0.25) is 0 Å². The summed E-state index contributed by atoms with van der Waals surface area (Å²) >= 11 is 3.46. The zero-order valence-electron chi connectivity index (χ0n) is 12.4. The van der Waals surface area contributed by atoms with Gasteiger partial charge in [-0.1, -0.05) is 51.8 Å². The molecule has 0 N–H and O–H groups in total. The molecule has 118 valence electrons. The average Bonchev–Trinajstić information content (AvgIpc) is 3.03. The maximum atomic E-state index is 13.2. The Morgan fingerprint density at radius 2 is 1.78 bits per heavy atom. The lowest BCUT2D eigenvalue weighted by molar-refractivity contribution is 0.567. The topological polar surface area (TPSA) is 52.0 Å². The lowest BCUT2D eigenvalue weighted by Gasteiger charge is -2.21. The maximum absolute atomic E-state index is 13.2. The van der Waals surface area contributed by atoms with E-state index in [2.05, 4.69) is 20.9 Å². The zero-order valence-corrected chi connectivity index (χ0v) is 14.8. The van der Waals surface area contributed by atoms with Gasteiger partial charge in [-0.3, -0.25) is 0 Å². The molecule has 0 fully saturated rings. The number of rotatable bonds is 4. The standard InChI is InChI=1S/C17H15BrN2O2S/c1-13-6-8-14(9-7-13)23(21,22)17(20-11-10-19-12-20)15-4-2-3-5-16(15)18/h2-12,17H,1H3. The molecule has 0 radical (unpaired) electrons. The van der Waals surface area contributed by atoms with Crippen molar-refractivity contribution < 1.29 is 8.42 Å². The summed E-state index contributed by atoms with van der Waals surface area (Å²) in [6, 6.07) is 14.2. The van der Waals surface area contributed by atoms with Crippen LogP contribution in [0, 0.1) is 6.92 Å². The third kappa shape index (κ3) is 3.09. The van der Waals surface area contributed by atoms with Crippen molar-refractivity contribution >= 4 is 25.8 Å². The summed E-state index contributed by atoms with van der Waals surface area (Å²) in [6.07, 6.45) is 4.76. The second kappa shape index (κ2) is 6.29.